The highest BCUT2D eigenvalue weighted by Gasteiger charge is 2.38. The van der Waals surface area contributed by atoms with Crippen molar-refractivity contribution in [2.45, 2.75) is 31.6 Å². The Balaban J connectivity index is 1.63. The van der Waals surface area contributed by atoms with E-state index in [9.17, 15) is 35.9 Å². The molecule has 0 aromatic carbocycles. The third-order valence-electron chi connectivity index (χ3n) is 5.93. The Morgan fingerprint density at radius 2 is 1.66 bits per heavy atom. The number of halogens is 6. The quantitative estimate of drug-likeness (QED) is 0.531. The molecule has 190 valence electrons. The lowest BCUT2D eigenvalue weighted by molar-refractivity contribution is -0.123. The van der Waals surface area contributed by atoms with Crippen LogP contribution in [0.15, 0.2) is 24.7 Å². The summed E-state index contributed by atoms with van der Waals surface area (Å²) < 4.78 is 77.6. The molecule has 0 radical (unpaired) electrons. The van der Waals surface area contributed by atoms with E-state index in [1.54, 1.807) is 15.9 Å². The van der Waals surface area contributed by atoms with Gasteiger partial charge < -0.3 is 15.5 Å². The van der Waals surface area contributed by atoms with E-state index in [0.717, 1.165) is 4.57 Å². The first kappa shape index (κ1) is 24.6. The number of amides is 3. The molecule has 9 nitrogen and oxygen atoms in total. The number of hydrogen-bond donors (Lipinski definition) is 2. The van der Waals surface area contributed by atoms with E-state index in [0.29, 0.717) is 23.3 Å². The van der Waals surface area contributed by atoms with E-state index in [1.165, 1.54) is 23.4 Å². The van der Waals surface area contributed by atoms with Crippen molar-refractivity contribution in [3.8, 4) is 0 Å². The number of imidazole rings is 1. The minimum Gasteiger partial charge on any atom is -0.329 e. The van der Waals surface area contributed by atoms with E-state index in [-0.39, 0.29) is 30.6 Å². The molecule has 0 unspecified atom stereocenters. The average Bonchev–Trinajstić information content (AvgIpc) is 3.49. The van der Waals surface area contributed by atoms with Crippen molar-refractivity contribution in [3.63, 3.8) is 0 Å². The molecule has 0 aliphatic carbocycles. The van der Waals surface area contributed by atoms with Crippen molar-refractivity contribution < 1.29 is 35.9 Å². The first-order valence-electron chi connectivity index (χ1n) is 10.7. The predicted molar refractivity (Wildman–Crippen MR) is 111 cm³/mol. The van der Waals surface area contributed by atoms with Crippen LogP contribution in [0, 0.1) is 5.92 Å². The highest BCUT2D eigenvalue weighted by Crippen LogP contribution is 2.36. The zero-order valence-electron chi connectivity index (χ0n) is 18.3. The Morgan fingerprint density at radius 1 is 1.00 bits per heavy atom. The molecule has 2 atom stereocenters. The lowest BCUT2D eigenvalue weighted by atomic mass is 9.91. The number of urea groups is 1. The minimum absolute atomic E-state index is 0.0769. The molecule has 4 heterocycles. The number of nitrogens with zero attached hydrogens (tertiary/aromatic N) is 5. The van der Waals surface area contributed by atoms with Crippen molar-refractivity contribution >= 4 is 28.9 Å². The summed E-state index contributed by atoms with van der Waals surface area (Å²) in [4.78, 5) is 34.4. The summed E-state index contributed by atoms with van der Waals surface area (Å²) in [6.07, 6.45) is -4.25. The number of carbonyl (C=O) groups excluding carboxylic acids is 2. The van der Waals surface area contributed by atoms with Crippen LogP contribution in [0.25, 0.3) is 16.8 Å². The second-order valence-corrected chi connectivity index (χ2v) is 8.26. The van der Waals surface area contributed by atoms with Crippen LogP contribution in [0.3, 0.4) is 0 Å². The molecule has 15 heteroatoms. The van der Waals surface area contributed by atoms with Gasteiger partial charge in [0, 0.05) is 37.1 Å². The second kappa shape index (κ2) is 8.92. The Hall–Kier alpha value is -3.52. The summed E-state index contributed by atoms with van der Waals surface area (Å²) in [6.45, 7) is -0.650. The summed E-state index contributed by atoms with van der Waals surface area (Å²) in [5.74, 6) is -0.355. The number of carbonyl (C=O) groups is 2. The first-order valence-corrected chi connectivity index (χ1v) is 10.7. The molecule has 3 aromatic rings. The van der Waals surface area contributed by atoms with Gasteiger partial charge in [0.05, 0.1) is 11.7 Å². The van der Waals surface area contributed by atoms with Crippen LogP contribution in [0.1, 0.15) is 25.0 Å². The highest BCUT2D eigenvalue weighted by molar-refractivity contribution is 5.89. The van der Waals surface area contributed by atoms with Gasteiger partial charge in [0.2, 0.25) is 0 Å². The van der Waals surface area contributed by atoms with Crippen LogP contribution in [-0.2, 0) is 0 Å². The van der Waals surface area contributed by atoms with Crippen LogP contribution >= 0.6 is 0 Å². The summed E-state index contributed by atoms with van der Waals surface area (Å²) in [5.41, 5.74) is 1.57. The van der Waals surface area contributed by atoms with Crippen molar-refractivity contribution in [1.82, 2.24) is 34.5 Å². The summed E-state index contributed by atoms with van der Waals surface area (Å²) in [5, 5.41) is 3.67. The summed E-state index contributed by atoms with van der Waals surface area (Å²) >= 11 is 0. The molecular weight excluding hydrogens is 484 g/mol. The zero-order chi connectivity index (χ0) is 25.5. The van der Waals surface area contributed by atoms with Crippen LogP contribution in [0.4, 0.5) is 35.9 Å². The summed E-state index contributed by atoms with van der Waals surface area (Å²) in [7, 11) is 0. The minimum atomic E-state index is -4.58. The maximum Gasteiger partial charge on any atom is 0.405 e. The number of hydrogen-bond acceptors (Lipinski definition) is 4. The lowest BCUT2D eigenvalue weighted by Gasteiger charge is -2.18. The van der Waals surface area contributed by atoms with Gasteiger partial charge in [-0.15, -0.1) is 0 Å². The molecular formula is C20H21F6N7O2. The lowest BCUT2D eigenvalue weighted by Crippen LogP contribution is -2.42. The van der Waals surface area contributed by atoms with Gasteiger partial charge in [0.15, 0.2) is 11.3 Å². The number of likely N-dealkylation sites (tertiary alicyclic amines) is 1. The van der Waals surface area contributed by atoms with Crippen LogP contribution < -0.4 is 10.6 Å². The Labute approximate surface area is 194 Å². The SMILES string of the molecule is CC[C@@H]1CN(C(=O)NCC(F)(F)F)C[C@H]1c1cnc2cnc3c(ccn3C(=O)NCC(F)(F)F)n12. The third-order valence-corrected chi connectivity index (χ3v) is 5.93. The highest BCUT2D eigenvalue weighted by atomic mass is 19.4. The molecule has 1 fully saturated rings. The second-order valence-electron chi connectivity index (χ2n) is 8.26. The first-order chi connectivity index (χ1) is 16.4. The predicted octanol–water partition coefficient (Wildman–Crippen LogP) is 3.50. The third kappa shape index (κ3) is 5.12. The largest absolute Gasteiger partial charge is 0.405 e. The fraction of sp³-hybridized carbons (Fsp3) is 0.500. The van der Waals surface area contributed by atoms with E-state index in [4.69, 9.17) is 0 Å². The average molecular weight is 505 g/mol. The number of fused-ring (bicyclic) bond motifs is 3. The van der Waals surface area contributed by atoms with Crippen molar-refractivity contribution in [2.24, 2.45) is 5.92 Å². The van der Waals surface area contributed by atoms with Gasteiger partial charge in [-0.25, -0.2) is 19.6 Å². The number of nitrogens with one attached hydrogen (secondary N) is 2. The standard InChI is InChI=1S/C20H21F6N7O2/c1-2-11-7-31(17(34)29-9-19(21,22)23)8-12(11)14-5-27-15-6-28-16-13(33(14)15)3-4-32(16)18(35)30-10-20(24,25)26/h3-6,11-12H,2,7-10H2,1H3,(H,29,34)(H,30,35)/t11-,12-/m1/s1. The molecule has 0 bridgehead atoms. The van der Waals surface area contributed by atoms with Crippen LogP contribution in [-0.4, -0.2) is 74.4 Å². The van der Waals surface area contributed by atoms with Gasteiger partial charge in [-0.3, -0.25) is 8.97 Å². The van der Waals surface area contributed by atoms with Gasteiger partial charge in [-0.2, -0.15) is 26.3 Å². The molecule has 1 aliphatic heterocycles. The van der Waals surface area contributed by atoms with Crippen molar-refractivity contribution in [2.75, 3.05) is 26.2 Å². The molecule has 1 saturated heterocycles. The van der Waals surface area contributed by atoms with Gasteiger partial charge >= 0.3 is 24.4 Å². The van der Waals surface area contributed by atoms with E-state index in [1.807, 2.05) is 12.2 Å². The van der Waals surface area contributed by atoms with Crippen molar-refractivity contribution in [3.05, 3.63) is 30.4 Å². The number of aromatic nitrogens is 4. The fourth-order valence-corrected chi connectivity index (χ4v) is 4.33. The topological polar surface area (TPSA) is 96.6 Å². The Morgan fingerprint density at radius 3 is 2.29 bits per heavy atom. The smallest absolute Gasteiger partial charge is 0.329 e. The zero-order valence-corrected chi connectivity index (χ0v) is 18.3. The van der Waals surface area contributed by atoms with Gasteiger partial charge in [0.25, 0.3) is 0 Å². The summed E-state index contributed by atoms with van der Waals surface area (Å²) in [6, 6.07) is -0.320. The molecule has 0 saturated carbocycles. The Bertz CT molecular complexity index is 1250. The van der Waals surface area contributed by atoms with Crippen molar-refractivity contribution in [1.29, 1.82) is 0 Å². The van der Waals surface area contributed by atoms with E-state index >= 15 is 0 Å². The molecule has 1 aliphatic rings. The number of rotatable bonds is 4. The molecule has 2 N–H and O–H groups in total. The van der Waals surface area contributed by atoms with Crippen LogP contribution in [0.5, 0.6) is 0 Å². The molecule has 35 heavy (non-hydrogen) atoms. The Kier molecular flexibility index (Phi) is 6.27. The normalized spacial score (nSPS) is 19.0. The maximum absolute atomic E-state index is 12.5. The van der Waals surface area contributed by atoms with E-state index in [2.05, 4.69) is 9.97 Å². The van der Waals surface area contributed by atoms with Gasteiger partial charge in [-0.1, -0.05) is 13.3 Å². The van der Waals surface area contributed by atoms with Gasteiger partial charge in [-0.05, 0) is 12.0 Å². The monoisotopic (exact) mass is 505 g/mol. The maximum atomic E-state index is 12.5. The molecule has 3 aromatic heterocycles. The van der Waals surface area contributed by atoms with E-state index < -0.39 is 37.5 Å². The van der Waals surface area contributed by atoms with Gasteiger partial charge in [0.1, 0.15) is 13.1 Å². The number of alkyl halides is 6. The fourth-order valence-electron chi connectivity index (χ4n) is 4.33. The molecule has 0 spiro atoms. The molecule has 4 rings (SSSR count). The molecule has 3 amide bonds. The van der Waals surface area contributed by atoms with Crippen LogP contribution in [0.2, 0.25) is 0 Å².